The fourth-order valence-corrected chi connectivity index (χ4v) is 6.38. The zero-order chi connectivity index (χ0) is 22.9. The fourth-order valence-electron chi connectivity index (χ4n) is 4.62. The molecular formula is C23H30N4O4S. The van der Waals surface area contributed by atoms with Gasteiger partial charge in [-0.15, -0.1) is 0 Å². The fraction of sp³-hybridized carbons (Fsp3) is 0.478. The van der Waals surface area contributed by atoms with Crippen LogP contribution in [-0.2, 0) is 21.2 Å². The van der Waals surface area contributed by atoms with Crippen molar-refractivity contribution < 1.29 is 17.7 Å². The molecule has 1 atom stereocenters. The Morgan fingerprint density at radius 2 is 2.00 bits per heavy atom. The number of H-pyrrole nitrogens is 1. The Bertz CT molecular complexity index is 1190. The first-order chi connectivity index (χ1) is 15.3. The number of hydrogen-bond donors (Lipinski definition) is 2. The second kappa shape index (κ2) is 9.07. The molecule has 1 aliphatic heterocycles. The second-order valence-electron chi connectivity index (χ2n) is 8.58. The van der Waals surface area contributed by atoms with Gasteiger partial charge in [0.1, 0.15) is 10.6 Å². The molecule has 2 N–H and O–H groups in total. The van der Waals surface area contributed by atoms with Crippen LogP contribution < -0.4 is 5.32 Å². The number of rotatable bonds is 7. The van der Waals surface area contributed by atoms with Crippen LogP contribution >= 0.6 is 0 Å². The van der Waals surface area contributed by atoms with Crippen molar-refractivity contribution in [1.29, 1.82) is 0 Å². The van der Waals surface area contributed by atoms with Gasteiger partial charge in [0.15, 0.2) is 5.76 Å². The third kappa shape index (κ3) is 4.31. The van der Waals surface area contributed by atoms with E-state index in [9.17, 15) is 13.2 Å². The van der Waals surface area contributed by atoms with Crippen LogP contribution in [-0.4, -0.2) is 48.4 Å². The molecule has 1 fully saturated rings. The molecule has 3 heterocycles. The highest BCUT2D eigenvalue weighted by Gasteiger charge is 2.36. The molecule has 0 bridgehead atoms. The van der Waals surface area contributed by atoms with Gasteiger partial charge in [0.05, 0.1) is 0 Å². The van der Waals surface area contributed by atoms with E-state index < -0.39 is 10.0 Å². The van der Waals surface area contributed by atoms with Crippen LogP contribution in [0.5, 0.6) is 0 Å². The number of fused-ring (bicyclic) bond motifs is 1. The highest BCUT2D eigenvalue weighted by Crippen LogP contribution is 2.30. The van der Waals surface area contributed by atoms with Crippen molar-refractivity contribution in [3.05, 3.63) is 47.5 Å². The second-order valence-corrected chi connectivity index (χ2v) is 10.5. The summed E-state index contributed by atoms with van der Waals surface area (Å²) in [6, 6.07) is 8.13. The maximum atomic E-state index is 13.0. The van der Waals surface area contributed by atoms with Crippen LogP contribution in [0.3, 0.4) is 0 Å². The number of para-hydroxylation sites is 1. The quantitative estimate of drug-likeness (QED) is 0.565. The van der Waals surface area contributed by atoms with E-state index in [1.807, 2.05) is 31.3 Å². The lowest BCUT2D eigenvalue weighted by atomic mass is 9.85. The lowest BCUT2D eigenvalue weighted by Crippen LogP contribution is -2.43. The van der Waals surface area contributed by atoms with Crippen LogP contribution in [0.15, 0.2) is 39.9 Å². The number of aromatic amines is 1. The molecule has 2 aromatic heterocycles. The van der Waals surface area contributed by atoms with Crippen LogP contribution in [0.25, 0.3) is 10.9 Å². The van der Waals surface area contributed by atoms with Gasteiger partial charge in [-0.05, 0) is 50.7 Å². The molecule has 8 nitrogen and oxygen atoms in total. The van der Waals surface area contributed by atoms with Gasteiger partial charge in [-0.2, -0.15) is 4.31 Å². The summed E-state index contributed by atoms with van der Waals surface area (Å²) in [4.78, 5) is 16.1. The summed E-state index contributed by atoms with van der Waals surface area (Å²) >= 11 is 0. The highest BCUT2D eigenvalue weighted by atomic mass is 32.2. The summed E-state index contributed by atoms with van der Waals surface area (Å²) in [7, 11) is -3.63. The summed E-state index contributed by atoms with van der Waals surface area (Å²) in [5.74, 6) is 0.325. The monoisotopic (exact) mass is 458 g/mol. The van der Waals surface area contributed by atoms with Gasteiger partial charge in [0, 0.05) is 42.7 Å². The maximum absolute atomic E-state index is 13.0. The van der Waals surface area contributed by atoms with Gasteiger partial charge in [-0.3, -0.25) is 4.79 Å². The first-order valence-corrected chi connectivity index (χ1v) is 12.5. The van der Waals surface area contributed by atoms with Crippen molar-refractivity contribution in [3.63, 3.8) is 0 Å². The van der Waals surface area contributed by atoms with Crippen molar-refractivity contribution in [2.24, 2.45) is 11.8 Å². The molecule has 1 saturated heterocycles. The molecule has 9 heteroatoms. The minimum Gasteiger partial charge on any atom is -0.361 e. The van der Waals surface area contributed by atoms with Crippen molar-refractivity contribution in [2.75, 3.05) is 19.6 Å². The van der Waals surface area contributed by atoms with Gasteiger partial charge < -0.3 is 14.8 Å². The number of amides is 1. The number of carbonyl (C=O) groups is 1. The average molecular weight is 459 g/mol. The van der Waals surface area contributed by atoms with Gasteiger partial charge in [0.2, 0.25) is 15.9 Å². The Balaban J connectivity index is 1.29. The van der Waals surface area contributed by atoms with E-state index in [4.69, 9.17) is 4.52 Å². The molecule has 0 spiro atoms. The van der Waals surface area contributed by atoms with E-state index in [1.54, 1.807) is 13.8 Å². The molecule has 0 saturated carbocycles. The normalized spacial score (nSPS) is 17.0. The Morgan fingerprint density at radius 1 is 1.28 bits per heavy atom. The third-order valence-corrected chi connectivity index (χ3v) is 8.70. The van der Waals surface area contributed by atoms with Gasteiger partial charge in [0.25, 0.3) is 0 Å². The Hall–Kier alpha value is -2.65. The Kier molecular flexibility index (Phi) is 6.39. The molecule has 0 aliphatic carbocycles. The number of nitrogens with zero attached hydrogens (tertiary/aromatic N) is 2. The number of sulfonamides is 1. The molecule has 4 rings (SSSR count). The lowest BCUT2D eigenvalue weighted by Gasteiger charge is -2.33. The molecule has 0 unspecified atom stereocenters. The van der Waals surface area contributed by atoms with E-state index in [-0.39, 0.29) is 22.6 Å². The predicted octanol–water partition coefficient (Wildman–Crippen LogP) is 3.17. The predicted molar refractivity (Wildman–Crippen MR) is 122 cm³/mol. The van der Waals surface area contributed by atoms with Crippen molar-refractivity contribution in [3.8, 4) is 0 Å². The number of nitrogens with one attached hydrogen (secondary N) is 2. The maximum Gasteiger partial charge on any atom is 0.248 e. The van der Waals surface area contributed by atoms with Gasteiger partial charge in [-0.1, -0.05) is 30.3 Å². The molecule has 0 radical (unpaired) electrons. The molecule has 1 aliphatic rings. The summed E-state index contributed by atoms with van der Waals surface area (Å²) in [6.45, 7) is 6.55. The van der Waals surface area contributed by atoms with Gasteiger partial charge >= 0.3 is 0 Å². The van der Waals surface area contributed by atoms with E-state index in [0.717, 1.165) is 11.9 Å². The molecule has 172 valence electrons. The molecule has 32 heavy (non-hydrogen) atoms. The SMILES string of the molecule is Cc1noc(C)c1S(=O)(=O)N1CCC([C@@H](C)C(=O)NCCc2c[nH]c3ccccc23)CC1. The van der Waals surface area contributed by atoms with Crippen LogP contribution in [0.4, 0.5) is 0 Å². The third-order valence-electron chi connectivity index (χ3n) is 6.55. The van der Waals surface area contributed by atoms with Crippen LogP contribution in [0.2, 0.25) is 0 Å². The standard InChI is InChI=1S/C23H30N4O4S/c1-15(23(28)24-11-8-19-14-25-21-7-5-4-6-20(19)21)18-9-12-27(13-10-18)32(29,30)22-16(2)26-31-17(22)3/h4-7,14-15,18,25H,8-13H2,1-3H3,(H,24,28)/t15-/m1/s1. The van der Waals surface area contributed by atoms with Crippen molar-refractivity contribution >= 4 is 26.8 Å². The first kappa shape index (κ1) is 22.5. The Labute approximate surface area is 188 Å². The molecule has 1 aromatic carbocycles. The molecule has 3 aromatic rings. The number of benzene rings is 1. The highest BCUT2D eigenvalue weighted by molar-refractivity contribution is 7.89. The largest absolute Gasteiger partial charge is 0.361 e. The van der Waals surface area contributed by atoms with Crippen molar-refractivity contribution in [1.82, 2.24) is 19.8 Å². The number of carbonyl (C=O) groups excluding carboxylic acids is 1. The minimum absolute atomic E-state index is 0.0249. The minimum atomic E-state index is -3.63. The summed E-state index contributed by atoms with van der Waals surface area (Å²) < 4.78 is 32.5. The summed E-state index contributed by atoms with van der Waals surface area (Å²) in [5.41, 5.74) is 2.67. The summed E-state index contributed by atoms with van der Waals surface area (Å²) in [5, 5.41) is 8.01. The first-order valence-electron chi connectivity index (χ1n) is 11.0. The number of piperidine rings is 1. The van der Waals surface area contributed by atoms with E-state index in [2.05, 4.69) is 21.5 Å². The lowest BCUT2D eigenvalue weighted by molar-refractivity contribution is -0.126. The van der Waals surface area contributed by atoms with Gasteiger partial charge in [-0.25, -0.2) is 8.42 Å². The van der Waals surface area contributed by atoms with E-state index >= 15 is 0 Å². The van der Waals surface area contributed by atoms with E-state index in [1.165, 1.54) is 15.3 Å². The number of aromatic nitrogens is 2. The van der Waals surface area contributed by atoms with Crippen LogP contribution in [0, 0.1) is 25.7 Å². The number of hydrogen-bond acceptors (Lipinski definition) is 5. The summed E-state index contributed by atoms with van der Waals surface area (Å²) in [6.07, 6.45) is 4.06. The topological polar surface area (TPSA) is 108 Å². The average Bonchev–Trinajstić information content (AvgIpc) is 3.36. The molecular weight excluding hydrogens is 428 g/mol. The van der Waals surface area contributed by atoms with E-state index in [0.29, 0.717) is 43.9 Å². The zero-order valence-electron chi connectivity index (χ0n) is 18.7. The number of aryl methyl sites for hydroxylation is 2. The van der Waals surface area contributed by atoms with Crippen LogP contribution in [0.1, 0.15) is 36.8 Å². The smallest absolute Gasteiger partial charge is 0.248 e. The molecule has 1 amide bonds. The zero-order valence-corrected chi connectivity index (χ0v) is 19.5. The Morgan fingerprint density at radius 3 is 2.69 bits per heavy atom. The van der Waals surface area contributed by atoms with Crippen molar-refractivity contribution in [2.45, 2.75) is 44.9 Å².